The molecule has 0 aliphatic heterocycles. The number of amides is 3. The van der Waals surface area contributed by atoms with E-state index >= 15 is 0 Å². The van der Waals surface area contributed by atoms with Crippen molar-refractivity contribution in [3.8, 4) is 11.4 Å². The number of hydrogen-bond acceptors (Lipinski definition) is 7. The van der Waals surface area contributed by atoms with Crippen LogP contribution >= 0.6 is 0 Å². The van der Waals surface area contributed by atoms with E-state index < -0.39 is 23.9 Å². The SMILES string of the molecule is COC(=O)CC(C)N(C)C(=O)c1nc(-c2cccc(NC(=O)Nc3ccc(C)cc3)c2)no1. The molecule has 1 aromatic heterocycles. The summed E-state index contributed by atoms with van der Waals surface area (Å²) in [5, 5.41) is 9.37. The highest BCUT2D eigenvalue weighted by molar-refractivity contribution is 6.00. The van der Waals surface area contributed by atoms with Crippen molar-refractivity contribution in [2.45, 2.75) is 26.3 Å². The van der Waals surface area contributed by atoms with Crippen LogP contribution < -0.4 is 10.6 Å². The van der Waals surface area contributed by atoms with Gasteiger partial charge in [0.15, 0.2) is 0 Å². The molecule has 0 saturated carbocycles. The van der Waals surface area contributed by atoms with Crippen LogP contribution in [0.25, 0.3) is 11.4 Å². The zero-order valence-electron chi connectivity index (χ0n) is 18.8. The molecule has 0 aliphatic rings. The fourth-order valence-electron chi connectivity index (χ4n) is 2.91. The first kappa shape index (κ1) is 23.5. The molecule has 0 radical (unpaired) electrons. The number of nitrogens with zero attached hydrogens (tertiary/aromatic N) is 3. The third-order valence-electron chi connectivity index (χ3n) is 4.97. The number of carbonyl (C=O) groups excluding carboxylic acids is 3. The van der Waals surface area contributed by atoms with Crippen LogP contribution in [0.4, 0.5) is 16.2 Å². The Kier molecular flexibility index (Phi) is 7.39. The summed E-state index contributed by atoms with van der Waals surface area (Å²) in [4.78, 5) is 41.9. The van der Waals surface area contributed by atoms with E-state index in [0.29, 0.717) is 16.9 Å². The lowest BCUT2D eigenvalue weighted by Gasteiger charge is -2.22. The Bertz CT molecular complexity index is 1140. The smallest absolute Gasteiger partial charge is 0.323 e. The Morgan fingerprint density at radius 3 is 2.48 bits per heavy atom. The first-order valence-electron chi connectivity index (χ1n) is 10.2. The lowest BCUT2D eigenvalue weighted by Crippen LogP contribution is -2.36. The van der Waals surface area contributed by atoms with Crippen LogP contribution in [0.1, 0.15) is 29.6 Å². The number of carbonyl (C=O) groups is 3. The molecule has 1 heterocycles. The van der Waals surface area contributed by atoms with Crippen LogP contribution in [0, 0.1) is 6.92 Å². The van der Waals surface area contributed by atoms with Gasteiger partial charge in [-0.25, -0.2) is 4.79 Å². The number of hydrogen-bond donors (Lipinski definition) is 2. The van der Waals surface area contributed by atoms with E-state index in [9.17, 15) is 14.4 Å². The van der Waals surface area contributed by atoms with E-state index in [2.05, 4.69) is 25.5 Å². The second-order valence-electron chi connectivity index (χ2n) is 7.49. The Labute approximate surface area is 190 Å². The summed E-state index contributed by atoms with van der Waals surface area (Å²) < 4.78 is 9.76. The van der Waals surface area contributed by atoms with Gasteiger partial charge in [-0.05, 0) is 38.1 Å². The highest BCUT2D eigenvalue weighted by Crippen LogP contribution is 2.21. The van der Waals surface area contributed by atoms with Crippen LogP contribution in [0.2, 0.25) is 0 Å². The van der Waals surface area contributed by atoms with Gasteiger partial charge >= 0.3 is 23.8 Å². The number of aromatic nitrogens is 2. The van der Waals surface area contributed by atoms with Gasteiger partial charge in [0.2, 0.25) is 5.82 Å². The van der Waals surface area contributed by atoms with Gasteiger partial charge in [-0.2, -0.15) is 4.98 Å². The molecule has 10 heteroatoms. The molecule has 3 amide bonds. The molecule has 0 saturated heterocycles. The predicted octanol–water partition coefficient (Wildman–Crippen LogP) is 3.71. The maximum atomic E-state index is 12.6. The zero-order valence-corrected chi connectivity index (χ0v) is 18.8. The van der Waals surface area contributed by atoms with Gasteiger partial charge in [0.1, 0.15) is 0 Å². The summed E-state index contributed by atoms with van der Waals surface area (Å²) >= 11 is 0. The summed E-state index contributed by atoms with van der Waals surface area (Å²) in [5.74, 6) is -0.962. The Morgan fingerprint density at radius 1 is 1.09 bits per heavy atom. The number of methoxy groups -OCH3 is 1. The van der Waals surface area contributed by atoms with E-state index in [4.69, 9.17) is 4.52 Å². The number of esters is 1. The maximum Gasteiger partial charge on any atom is 0.323 e. The molecule has 2 N–H and O–H groups in total. The monoisotopic (exact) mass is 451 g/mol. The molecule has 1 atom stereocenters. The first-order chi connectivity index (χ1) is 15.8. The molecule has 172 valence electrons. The van der Waals surface area contributed by atoms with Gasteiger partial charge in [0.05, 0.1) is 13.5 Å². The third kappa shape index (κ3) is 6.16. The average molecular weight is 451 g/mol. The molecule has 0 fully saturated rings. The number of urea groups is 1. The maximum absolute atomic E-state index is 12.6. The second kappa shape index (κ2) is 10.4. The van der Waals surface area contributed by atoms with Gasteiger partial charge in [-0.1, -0.05) is 35.0 Å². The van der Waals surface area contributed by atoms with Crippen molar-refractivity contribution >= 4 is 29.3 Å². The quantitative estimate of drug-likeness (QED) is 0.524. The standard InChI is InChI=1S/C23H25N5O5/c1-14-8-10-17(11-9-14)24-23(31)25-18-7-5-6-16(13-18)20-26-21(33-27-20)22(30)28(3)15(2)12-19(29)32-4/h5-11,13,15H,12H2,1-4H3,(H2,24,25,31). The molecule has 2 aromatic carbocycles. The Balaban J connectivity index is 1.67. The molecule has 0 bridgehead atoms. The normalized spacial score (nSPS) is 11.4. The minimum atomic E-state index is -0.517. The fraction of sp³-hybridized carbons (Fsp3) is 0.261. The van der Waals surface area contributed by atoms with Crippen LogP contribution in [0.15, 0.2) is 53.1 Å². The number of ether oxygens (including phenoxy) is 1. The largest absolute Gasteiger partial charge is 0.469 e. The zero-order chi connectivity index (χ0) is 24.0. The van der Waals surface area contributed by atoms with E-state index in [1.165, 1.54) is 19.1 Å². The number of benzene rings is 2. The van der Waals surface area contributed by atoms with Crippen molar-refractivity contribution < 1.29 is 23.6 Å². The lowest BCUT2D eigenvalue weighted by atomic mass is 10.2. The van der Waals surface area contributed by atoms with Crippen molar-refractivity contribution in [2.75, 3.05) is 24.8 Å². The van der Waals surface area contributed by atoms with Crippen LogP contribution in [-0.2, 0) is 9.53 Å². The van der Waals surface area contributed by atoms with Crippen LogP contribution in [0.5, 0.6) is 0 Å². The van der Waals surface area contributed by atoms with Gasteiger partial charge in [0, 0.05) is 30.0 Å². The number of nitrogens with one attached hydrogen (secondary N) is 2. The number of aryl methyl sites for hydroxylation is 1. The molecule has 3 rings (SSSR count). The highest BCUT2D eigenvalue weighted by atomic mass is 16.5. The first-order valence-corrected chi connectivity index (χ1v) is 10.2. The lowest BCUT2D eigenvalue weighted by molar-refractivity contribution is -0.141. The van der Waals surface area contributed by atoms with Gasteiger partial charge in [-0.3, -0.25) is 9.59 Å². The van der Waals surface area contributed by atoms with Gasteiger partial charge < -0.3 is 24.8 Å². The van der Waals surface area contributed by atoms with E-state index in [1.54, 1.807) is 31.2 Å². The molecule has 0 spiro atoms. The van der Waals surface area contributed by atoms with Crippen molar-refractivity contribution in [1.82, 2.24) is 15.0 Å². The Hall–Kier alpha value is -4.21. The minimum Gasteiger partial charge on any atom is -0.469 e. The van der Waals surface area contributed by atoms with Crippen molar-refractivity contribution in [3.05, 3.63) is 60.0 Å². The molecule has 10 nitrogen and oxygen atoms in total. The van der Waals surface area contributed by atoms with E-state index in [0.717, 1.165) is 5.56 Å². The van der Waals surface area contributed by atoms with Crippen molar-refractivity contribution in [3.63, 3.8) is 0 Å². The summed E-state index contributed by atoms with van der Waals surface area (Å²) in [6.07, 6.45) is 0.0398. The number of anilines is 2. The van der Waals surface area contributed by atoms with Gasteiger partial charge in [0.25, 0.3) is 0 Å². The molecular weight excluding hydrogens is 426 g/mol. The number of rotatable bonds is 7. The molecular formula is C23H25N5O5. The predicted molar refractivity (Wildman–Crippen MR) is 122 cm³/mol. The van der Waals surface area contributed by atoms with Crippen LogP contribution in [-0.4, -0.2) is 53.1 Å². The fourth-order valence-corrected chi connectivity index (χ4v) is 2.91. The summed E-state index contributed by atoms with van der Waals surface area (Å²) in [6, 6.07) is 13.4. The Morgan fingerprint density at radius 2 is 1.79 bits per heavy atom. The highest BCUT2D eigenvalue weighted by Gasteiger charge is 2.25. The molecule has 1 unspecified atom stereocenters. The second-order valence-corrected chi connectivity index (χ2v) is 7.49. The molecule has 33 heavy (non-hydrogen) atoms. The molecule has 0 aliphatic carbocycles. The van der Waals surface area contributed by atoms with Crippen molar-refractivity contribution in [2.24, 2.45) is 0 Å². The minimum absolute atomic E-state index is 0.0398. The van der Waals surface area contributed by atoms with Crippen LogP contribution in [0.3, 0.4) is 0 Å². The van der Waals surface area contributed by atoms with Crippen molar-refractivity contribution in [1.29, 1.82) is 0 Å². The molecule has 3 aromatic rings. The summed E-state index contributed by atoms with van der Waals surface area (Å²) in [7, 11) is 2.83. The van der Waals surface area contributed by atoms with Gasteiger partial charge in [-0.15, -0.1) is 0 Å². The third-order valence-corrected chi connectivity index (χ3v) is 4.97. The average Bonchev–Trinajstić information content (AvgIpc) is 3.30. The summed E-state index contributed by atoms with van der Waals surface area (Å²) in [6.45, 7) is 3.68. The van der Waals surface area contributed by atoms with E-state index in [-0.39, 0.29) is 18.1 Å². The van der Waals surface area contributed by atoms with E-state index in [1.807, 2.05) is 31.2 Å². The summed E-state index contributed by atoms with van der Waals surface area (Å²) in [5.41, 5.74) is 2.83. The topological polar surface area (TPSA) is 127 Å².